The Bertz CT molecular complexity index is 730. The van der Waals surface area contributed by atoms with Crippen LogP contribution >= 0.6 is 15.9 Å². The number of hydrogen-bond acceptors (Lipinski definition) is 3. The highest BCUT2D eigenvalue weighted by Crippen LogP contribution is 2.30. The molecule has 0 aliphatic rings. The van der Waals surface area contributed by atoms with Gasteiger partial charge in [0.2, 0.25) is 0 Å². The lowest BCUT2D eigenvalue weighted by Gasteiger charge is -2.20. The van der Waals surface area contributed by atoms with Gasteiger partial charge in [-0.3, -0.25) is 0 Å². The smallest absolute Gasteiger partial charge is 0.178 e. The monoisotopic (exact) mass is 381 g/mol. The quantitative estimate of drug-likeness (QED) is 0.780. The van der Waals surface area contributed by atoms with E-state index in [2.05, 4.69) is 40.3 Å². The largest absolute Gasteiger partial charge is 0.377 e. The second kappa shape index (κ2) is 7.29. The van der Waals surface area contributed by atoms with Gasteiger partial charge in [-0.1, -0.05) is 44.2 Å². The molecule has 2 rings (SSSR count). The summed E-state index contributed by atoms with van der Waals surface area (Å²) in [6.07, 6.45) is 0.936. The number of hydrogen-bond donors (Lipinski definition) is 1. The van der Waals surface area contributed by atoms with Crippen LogP contribution in [-0.4, -0.2) is 14.2 Å². The molecule has 1 N–H and O–H groups in total. The highest BCUT2D eigenvalue weighted by Gasteiger charge is 2.15. The van der Waals surface area contributed by atoms with Crippen LogP contribution < -0.4 is 5.32 Å². The fraction of sp³-hybridized carbons (Fsp3) is 0.294. The molecule has 0 saturated heterocycles. The van der Waals surface area contributed by atoms with Crippen molar-refractivity contribution in [2.45, 2.75) is 31.2 Å². The summed E-state index contributed by atoms with van der Waals surface area (Å²) in [5.41, 5.74) is 2.10. The molecular weight excluding hydrogens is 362 g/mol. The second-order valence-corrected chi connectivity index (χ2v) is 8.19. The Labute approximate surface area is 140 Å². The van der Waals surface area contributed by atoms with Gasteiger partial charge in [-0.25, -0.2) is 8.42 Å². The van der Waals surface area contributed by atoms with Crippen molar-refractivity contribution in [3.8, 4) is 0 Å². The first-order chi connectivity index (χ1) is 10.5. The van der Waals surface area contributed by atoms with E-state index < -0.39 is 9.84 Å². The van der Waals surface area contributed by atoms with E-state index in [0.717, 1.165) is 16.6 Å². The fourth-order valence-corrected chi connectivity index (χ4v) is 3.82. The Hall–Kier alpha value is -1.33. The zero-order valence-corrected chi connectivity index (χ0v) is 15.1. The Morgan fingerprint density at radius 1 is 1.09 bits per heavy atom. The van der Waals surface area contributed by atoms with Crippen LogP contribution in [0.1, 0.15) is 31.9 Å². The minimum atomic E-state index is -3.18. The molecule has 2 aromatic rings. The Kier molecular flexibility index (Phi) is 5.64. The average molecular weight is 382 g/mol. The van der Waals surface area contributed by atoms with Crippen molar-refractivity contribution in [1.29, 1.82) is 0 Å². The zero-order chi connectivity index (χ0) is 16.2. The molecule has 0 unspecified atom stereocenters. The predicted molar refractivity (Wildman–Crippen MR) is 95.0 cm³/mol. The van der Waals surface area contributed by atoms with Gasteiger partial charge in [0.05, 0.1) is 16.7 Å². The third-order valence-electron chi connectivity index (χ3n) is 3.62. The van der Waals surface area contributed by atoms with Crippen LogP contribution in [0.4, 0.5) is 5.69 Å². The van der Waals surface area contributed by atoms with Crippen LogP contribution in [0.3, 0.4) is 0 Å². The maximum Gasteiger partial charge on any atom is 0.178 e. The van der Waals surface area contributed by atoms with Crippen molar-refractivity contribution in [3.05, 3.63) is 58.6 Å². The third-order valence-corrected chi connectivity index (χ3v) is 6.01. The summed E-state index contributed by atoms with van der Waals surface area (Å²) < 4.78 is 24.6. The van der Waals surface area contributed by atoms with Crippen molar-refractivity contribution in [3.63, 3.8) is 0 Å². The van der Waals surface area contributed by atoms with E-state index in [9.17, 15) is 8.42 Å². The SMILES string of the molecule is CC[C@@H](Nc1ccc(S(=O)(=O)CC)cc1Br)c1ccccc1. The van der Waals surface area contributed by atoms with Crippen LogP contribution in [0.5, 0.6) is 0 Å². The summed E-state index contributed by atoms with van der Waals surface area (Å²) in [5.74, 6) is 0.105. The highest BCUT2D eigenvalue weighted by atomic mass is 79.9. The van der Waals surface area contributed by atoms with Gasteiger partial charge in [0.1, 0.15) is 0 Å². The summed E-state index contributed by atoms with van der Waals surface area (Å²) in [7, 11) is -3.18. The number of anilines is 1. The lowest BCUT2D eigenvalue weighted by Crippen LogP contribution is -2.10. The summed E-state index contributed by atoms with van der Waals surface area (Å²) >= 11 is 3.47. The van der Waals surface area contributed by atoms with E-state index in [1.807, 2.05) is 24.3 Å². The molecule has 0 spiro atoms. The number of benzene rings is 2. The van der Waals surface area contributed by atoms with E-state index in [-0.39, 0.29) is 11.8 Å². The van der Waals surface area contributed by atoms with Crippen molar-refractivity contribution in [1.82, 2.24) is 0 Å². The van der Waals surface area contributed by atoms with Crippen molar-refractivity contribution >= 4 is 31.5 Å². The number of nitrogens with one attached hydrogen (secondary N) is 1. The van der Waals surface area contributed by atoms with Crippen molar-refractivity contribution in [2.75, 3.05) is 11.1 Å². The zero-order valence-electron chi connectivity index (χ0n) is 12.7. The van der Waals surface area contributed by atoms with Crippen LogP contribution in [0.2, 0.25) is 0 Å². The minimum Gasteiger partial charge on any atom is -0.377 e. The van der Waals surface area contributed by atoms with Crippen molar-refractivity contribution in [2.24, 2.45) is 0 Å². The summed E-state index contributed by atoms with van der Waals surface area (Å²) in [4.78, 5) is 0.347. The topological polar surface area (TPSA) is 46.2 Å². The summed E-state index contributed by atoms with van der Waals surface area (Å²) in [6, 6.07) is 15.5. The molecule has 3 nitrogen and oxygen atoms in total. The average Bonchev–Trinajstić information content (AvgIpc) is 2.54. The van der Waals surface area contributed by atoms with E-state index in [4.69, 9.17) is 0 Å². The van der Waals surface area contributed by atoms with Crippen LogP contribution in [0.25, 0.3) is 0 Å². The molecule has 0 fully saturated rings. The van der Waals surface area contributed by atoms with Gasteiger partial charge >= 0.3 is 0 Å². The molecule has 22 heavy (non-hydrogen) atoms. The molecule has 118 valence electrons. The minimum absolute atomic E-state index is 0.105. The first-order valence-corrected chi connectivity index (χ1v) is 9.76. The second-order valence-electron chi connectivity index (χ2n) is 5.06. The van der Waals surface area contributed by atoms with E-state index in [0.29, 0.717) is 4.90 Å². The molecule has 0 aliphatic heterocycles. The molecule has 0 bridgehead atoms. The van der Waals surface area contributed by atoms with Gasteiger partial charge < -0.3 is 5.32 Å². The van der Waals surface area contributed by atoms with Crippen LogP contribution in [0.15, 0.2) is 57.9 Å². The molecule has 0 aliphatic carbocycles. The summed E-state index contributed by atoms with van der Waals surface area (Å²) in [5, 5.41) is 3.47. The molecule has 0 saturated carbocycles. The Balaban J connectivity index is 2.27. The van der Waals surface area contributed by atoms with Gasteiger partial charge in [0.15, 0.2) is 9.84 Å². The first-order valence-electron chi connectivity index (χ1n) is 7.31. The Morgan fingerprint density at radius 2 is 1.77 bits per heavy atom. The molecule has 0 heterocycles. The standard InChI is InChI=1S/C17H20BrNO2S/c1-3-16(13-8-6-5-7-9-13)19-17-11-10-14(12-15(17)18)22(20,21)4-2/h5-12,16,19H,3-4H2,1-2H3/t16-/m1/s1. The Morgan fingerprint density at radius 3 is 2.32 bits per heavy atom. The molecule has 2 aromatic carbocycles. The first kappa shape index (κ1) is 17.0. The van der Waals surface area contributed by atoms with Gasteiger partial charge in [0.25, 0.3) is 0 Å². The van der Waals surface area contributed by atoms with Gasteiger partial charge in [-0.05, 0) is 46.1 Å². The number of sulfone groups is 1. The number of rotatable bonds is 6. The van der Waals surface area contributed by atoms with Gasteiger partial charge in [-0.15, -0.1) is 0 Å². The molecule has 1 atom stereocenters. The van der Waals surface area contributed by atoms with Gasteiger partial charge in [0, 0.05) is 10.2 Å². The molecular formula is C17H20BrNO2S. The molecule has 0 radical (unpaired) electrons. The number of halogens is 1. The molecule has 5 heteroatoms. The highest BCUT2D eigenvalue weighted by molar-refractivity contribution is 9.10. The normalized spacial score (nSPS) is 12.9. The molecule has 0 amide bonds. The van der Waals surface area contributed by atoms with E-state index >= 15 is 0 Å². The molecule has 0 aromatic heterocycles. The lowest BCUT2D eigenvalue weighted by atomic mass is 10.0. The third kappa shape index (κ3) is 3.90. The maximum absolute atomic E-state index is 11.9. The van der Waals surface area contributed by atoms with E-state index in [1.54, 1.807) is 19.1 Å². The van der Waals surface area contributed by atoms with Crippen molar-refractivity contribution < 1.29 is 8.42 Å². The fourth-order valence-electron chi connectivity index (χ4n) is 2.27. The van der Waals surface area contributed by atoms with Crippen LogP contribution in [0, 0.1) is 0 Å². The predicted octanol–water partition coefficient (Wildman–Crippen LogP) is 4.81. The van der Waals surface area contributed by atoms with E-state index in [1.165, 1.54) is 5.56 Å². The van der Waals surface area contributed by atoms with Gasteiger partial charge in [-0.2, -0.15) is 0 Å². The summed E-state index contributed by atoms with van der Waals surface area (Å²) in [6.45, 7) is 3.77. The maximum atomic E-state index is 11.9. The van der Waals surface area contributed by atoms with Crippen LogP contribution in [-0.2, 0) is 9.84 Å². The lowest BCUT2D eigenvalue weighted by molar-refractivity contribution is 0.597.